The molecule has 0 aromatic heterocycles. The summed E-state index contributed by atoms with van der Waals surface area (Å²) in [5, 5.41) is 17.5. The third-order valence-electron chi connectivity index (χ3n) is 2.38. The van der Waals surface area contributed by atoms with Crippen LogP contribution in [0, 0.1) is 0 Å². The topological polar surface area (TPSA) is 83.8 Å². The van der Waals surface area contributed by atoms with E-state index in [1.807, 2.05) is 0 Å². The molecule has 0 aliphatic rings. The first-order chi connectivity index (χ1) is 8.43. The minimum atomic E-state index is -1.79. The van der Waals surface area contributed by atoms with E-state index < -0.39 is 28.6 Å². The zero-order valence-electron chi connectivity index (χ0n) is 12.3. The average Bonchev–Trinajstić information content (AvgIpc) is 2.10. The van der Waals surface area contributed by atoms with Gasteiger partial charge < -0.3 is 14.3 Å². The lowest BCUT2D eigenvalue weighted by Gasteiger charge is -2.31. The zero-order valence-corrected chi connectivity index (χ0v) is 14.3. The maximum Gasteiger partial charge on any atom is 0.331 e. The van der Waals surface area contributed by atoms with E-state index in [1.165, 1.54) is 0 Å². The summed E-state index contributed by atoms with van der Waals surface area (Å²) in [6.07, 6.45) is 1.69. The lowest BCUT2D eigenvalue weighted by Crippen LogP contribution is -2.42. The van der Waals surface area contributed by atoms with E-state index in [-0.39, 0.29) is 12.0 Å². The second-order valence-corrected chi connectivity index (χ2v) is 15.2. The van der Waals surface area contributed by atoms with Crippen LogP contribution in [0.3, 0.4) is 0 Å². The molecular weight excluding hydrogens is 280 g/mol. The van der Waals surface area contributed by atoms with E-state index in [0.717, 1.165) is 12.1 Å². The third kappa shape index (κ3) is 9.63. The highest BCUT2D eigenvalue weighted by Crippen LogP contribution is 2.22. The van der Waals surface area contributed by atoms with Gasteiger partial charge in [-0.3, -0.25) is 0 Å². The van der Waals surface area contributed by atoms with E-state index in [1.54, 1.807) is 0 Å². The van der Waals surface area contributed by atoms with Crippen LogP contribution in [0.1, 0.15) is 12.8 Å². The fourth-order valence-electron chi connectivity index (χ4n) is 1.97. The molecule has 2 N–H and O–H groups in total. The first-order valence-electron chi connectivity index (χ1n) is 6.30. The Labute approximate surface area is 116 Å². The highest BCUT2D eigenvalue weighted by atomic mass is 28.4. The molecular formula is C12H24O5Si2. The highest BCUT2D eigenvalue weighted by molar-refractivity contribution is 6.84. The monoisotopic (exact) mass is 304 g/mol. The molecule has 0 amide bonds. The average molecular weight is 304 g/mol. The normalized spacial score (nSPS) is 13.4. The molecule has 0 aromatic rings. The Morgan fingerprint density at radius 3 is 2.00 bits per heavy atom. The fourth-order valence-corrected chi connectivity index (χ4v) is 10.0. The molecule has 0 rings (SSSR count). The Balaban J connectivity index is 4.42. The number of carboxylic acid groups (broad SMARTS) is 2. The van der Waals surface area contributed by atoms with Gasteiger partial charge in [0.25, 0.3) is 0 Å². The maximum absolute atomic E-state index is 10.9. The van der Waals surface area contributed by atoms with Gasteiger partial charge in [0.2, 0.25) is 0 Å². The second kappa shape index (κ2) is 7.02. The number of carbonyl (C=O) groups is 2. The van der Waals surface area contributed by atoms with Gasteiger partial charge >= 0.3 is 11.9 Å². The van der Waals surface area contributed by atoms with Crippen molar-refractivity contribution in [2.45, 2.75) is 51.6 Å². The van der Waals surface area contributed by atoms with Crippen molar-refractivity contribution in [1.29, 1.82) is 0 Å². The van der Waals surface area contributed by atoms with E-state index in [2.05, 4.69) is 32.7 Å². The second-order valence-electron chi connectivity index (χ2n) is 6.14. The summed E-state index contributed by atoms with van der Waals surface area (Å²) in [5.74, 6) is -2.37. The molecule has 0 aromatic carbocycles. The smallest absolute Gasteiger partial charge is 0.331 e. The van der Waals surface area contributed by atoms with Crippen molar-refractivity contribution in [2.24, 2.45) is 0 Å². The summed E-state index contributed by atoms with van der Waals surface area (Å²) in [6, 6.07) is 0.835. The van der Waals surface area contributed by atoms with Gasteiger partial charge in [0, 0.05) is 11.6 Å². The van der Waals surface area contributed by atoms with Gasteiger partial charge in [0.15, 0.2) is 16.6 Å². The lowest BCUT2D eigenvalue weighted by molar-refractivity contribution is -0.135. The van der Waals surface area contributed by atoms with E-state index in [9.17, 15) is 9.59 Å². The molecule has 0 heterocycles. The molecule has 110 valence electrons. The largest absolute Gasteiger partial charge is 0.478 e. The van der Waals surface area contributed by atoms with Gasteiger partial charge in [-0.1, -0.05) is 0 Å². The summed E-state index contributed by atoms with van der Waals surface area (Å²) < 4.78 is 6.14. The van der Waals surface area contributed by atoms with Crippen molar-refractivity contribution in [3.05, 3.63) is 11.6 Å². The quantitative estimate of drug-likeness (QED) is 0.532. The first kappa shape index (κ1) is 18.1. The van der Waals surface area contributed by atoms with Crippen molar-refractivity contribution in [3.8, 4) is 0 Å². The Morgan fingerprint density at radius 2 is 1.63 bits per heavy atom. The fraction of sp³-hybridized carbons (Fsp3) is 0.667. The minimum absolute atomic E-state index is 0.0506. The number of hydrogen-bond acceptors (Lipinski definition) is 3. The van der Waals surface area contributed by atoms with Gasteiger partial charge in [0.05, 0.1) is 0 Å². The summed E-state index contributed by atoms with van der Waals surface area (Å²) in [5.41, 5.74) is -0.0506. The van der Waals surface area contributed by atoms with Crippen LogP contribution in [0.15, 0.2) is 11.6 Å². The van der Waals surface area contributed by atoms with Crippen LogP contribution in [-0.4, -0.2) is 38.8 Å². The predicted molar refractivity (Wildman–Crippen MR) is 79.3 cm³/mol. The molecule has 0 aliphatic heterocycles. The van der Waals surface area contributed by atoms with Gasteiger partial charge in [-0.15, -0.1) is 0 Å². The standard InChI is InChI=1S/C12H24O5Si2/c1-18(2,3)17-19(4,5)8-6-7-10(12(15)16)9-11(13)14/h9H,6-8H2,1-5H3,(H,13,14)(H,15,16). The van der Waals surface area contributed by atoms with E-state index in [0.29, 0.717) is 6.42 Å². The van der Waals surface area contributed by atoms with Crippen molar-refractivity contribution in [3.63, 3.8) is 0 Å². The van der Waals surface area contributed by atoms with Crippen molar-refractivity contribution >= 4 is 28.6 Å². The van der Waals surface area contributed by atoms with Crippen LogP contribution < -0.4 is 0 Å². The van der Waals surface area contributed by atoms with Gasteiger partial charge in [-0.05, 0) is 51.6 Å². The SMILES string of the molecule is C[Si](C)(C)O[Si](C)(C)CCCC(=CC(=O)O)C(=O)O. The van der Waals surface area contributed by atoms with E-state index >= 15 is 0 Å². The number of aliphatic carboxylic acids is 2. The first-order valence-corrected chi connectivity index (χ1v) is 12.8. The third-order valence-corrected chi connectivity index (χ3v) is 8.60. The number of carboxylic acids is 2. The lowest BCUT2D eigenvalue weighted by atomic mass is 10.1. The van der Waals surface area contributed by atoms with Crippen LogP contribution in [0.4, 0.5) is 0 Å². The van der Waals surface area contributed by atoms with E-state index in [4.69, 9.17) is 14.3 Å². The molecule has 7 heteroatoms. The molecule has 5 nitrogen and oxygen atoms in total. The molecule has 0 saturated carbocycles. The molecule has 0 radical (unpaired) electrons. The van der Waals surface area contributed by atoms with Crippen LogP contribution >= 0.6 is 0 Å². The molecule has 0 bridgehead atoms. The zero-order chi connectivity index (χ0) is 15.3. The predicted octanol–water partition coefficient (Wildman–Crippen LogP) is 2.92. The van der Waals surface area contributed by atoms with Crippen molar-refractivity contribution in [1.82, 2.24) is 0 Å². The molecule has 0 saturated heterocycles. The summed E-state index contributed by atoms with van der Waals surface area (Å²) >= 11 is 0. The highest BCUT2D eigenvalue weighted by Gasteiger charge is 2.29. The van der Waals surface area contributed by atoms with Crippen LogP contribution in [-0.2, 0) is 13.7 Å². The van der Waals surface area contributed by atoms with Gasteiger partial charge in [0.1, 0.15) is 0 Å². The summed E-state index contributed by atoms with van der Waals surface area (Å²) in [6.45, 7) is 10.6. The molecule has 0 spiro atoms. The Morgan fingerprint density at radius 1 is 1.11 bits per heavy atom. The number of hydrogen-bond donors (Lipinski definition) is 2. The van der Waals surface area contributed by atoms with Crippen LogP contribution in [0.2, 0.25) is 38.8 Å². The van der Waals surface area contributed by atoms with Crippen molar-refractivity contribution in [2.75, 3.05) is 0 Å². The minimum Gasteiger partial charge on any atom is -0.478 e. The number of rotatable bonds is 8. The van der Waals surface area contributed by atoms with Gasteiger partial charge in [-0.2, -0.15) is 0 Å². The Kier molecular flexibility index (Phi) is 6.67. The van der Waals surface area contributed by atoms with Gasteiger partial charge in [-0.25, -0.2) is 9.59 Å². The van der Waals surface area contributed by atoms with Crippen LogP contribution in [0.5, 0.6) is 0 Å². The summed E-state index contributed by atoms with van der Waals surface area (Å²) in [7, 11) is -3.37. The molecule has 0 unspecified atom stereocenters. The van der Waals surface area contributed by atoms with Crippen LogP contribution in [0.25, 0.3) is 0 Å². The Bertz CT molecular complexity index is 369. The molecule has 0 aliphatic carbocycles. The molecule has 19 heavy (non-hydrogen) atoms. The maximum atomic E-state index is 10.9. The molecule has 0 atom stereocenters. The molecule has 0 fully saturated rings. The summed E-state index contributed by atoms with van der Waals surface area (Å²) in [4.78, 5) is 21.4. The van der Waals surface area contributed by atoms with Crippen molar-refractivity contribution < 1.29 is 23.9 Å². The Hall–Kier alpha value is -0.926.